The molecule has 3 N–H and O–H groups in total. The van der Waals surface area contributed by atoms with Crippen LogP contribution in [0.25, 0.3) is 0 Å². The van der Waals surface area contributed by atoms with Gasteiger partial charge in [0, 0.05) is 6.04 Å². The number of hydrazone groups is 1. The summed E-state index contributed by atoms with van der Waals surface area (Å²) < 4.78 is 9.20. The van der Waals surface area contributed by atoms with E-state index >= 15 is 0 Å². The number of nitrogens with one attached hydrogen (secondary N) is 3. The number of hydrogen-bond donors (Lipinski definition) is 3. The highest BCUT2D eigenvalue weighted by atomic mass is 32.1. The lowest BCUT2D eigenvalue weighted by Gasteiger charge is -2.23. The summed E-state index contributed by atoms with van der Waals surface area (Å²) in [4.78, 5) is 11.6. The molecule has 1 aromatic heterocycles. The number of aryl methyl sites for hydroxylation is 1. The van der Waals surface area contributed by atoms with Crippen molar-refractivity contribution >= 4 is 45.7 Å². The largest absolute Gasteiger partial charge is 0.450 e. The van der Waals surface area contributed by atoms with E-state index in [-0.39, 0.29) is 0 Å². The Labute approximate surface area is 157 Å². The van der Waals surface area contributed by atoms with Crippen molar-refractivity contribution in [2.24, 2.45) is 5.10 Å². The lowest BCUT2D eigenvalue weighted by Crippen LogP contribution is -2.41. The van der Waals surface area contributed by atoms with Gasteiger partial charge in [0.05, 0.1) is 23.6 Å². The van der Waals surface area contributed by atoms with E-state index in [4.69, 9.17) is 17.0 Å². The van der Waals surface area contributed by atoms with Crippen molar-refractivity contribution in [2.75, 3.05) is 11.9 Å². The molecule has 0 bridgehead atoms. The summed E-state index contributed by atoms with van der Waals surface area (Å²) >= 11 is 6.52. The smallest absolute Gasteiger partial charge is 0.412 e. The number of carbonyl (C=O) groups is 1. The molecule has 0 spiro atoms. The molecule has 0 aliphatic heterocycles. The van der Waals surface area contributed by atoms with Gasteiger partial charge in [-0.3, -0.25) is 10.7 Å². The highest BCUT2D eigenvalue weighted by Gasteiger charge is 2.17. The molecule has 1 saturated carbocycles. The fourth-order valence-electron chi connectivity index (χ4n) is 2.80. The number of rotatable bonds is 5. The Kier molecular flexibility index (Phi) is 7.57. The van der Waals surface area contributed by atoms with E-state index in [0.29, 0.717) is 28.5 Å². The highest BCUT2D eigenvalue weighted by molar-refractivity contribution is 7.80. The quantitative estimate of drug-likeness (QED) is 0.409. The Morgan fingerprint density at radius 2 is 2.12 bits per heavy atom. The zero-order valence-corrected chi connectivity index (χ0v) is 16.5. The van der Waals surface area contributed by atoms with Gasteiger partial charge in [-0.15, -0.1) is 0 Å². The molecular weight excluding hydrogens is 358 g/mol. The van der Waals surface area contributed by atoms with Crippen LogP contribution < -0.4 is 16.1 Å². The first-order valence-corrected chi connectivity index (χ1v) is 9.70. The number of carbonyl (C=O) groups excluding carboxylic acids is 1. The Morgan fingerprint density at radius 1 is 1.40 bits per heavy atom. The van der Waals surface area contributed by atoms with E-state index in [1.165, 1.54) is 30.8 Å². The fourth-order valence-corrected chi connectivity index (χ4v) is 3.84. The number of nitrogens with zero attached hydrogens (tertiary/aromatic N) is 2. The highest BCUT2D eigenvalue weighted by Crippen LogP contribution is 2.25. The van der Waals surface area contributed by atoms with Gasteiger partial charge in [0.15, 0.2) is 5.11 Å². The van der Waals surface area contributed by atoms with Crippen LogP contribution in [-0.4, -0.2) is 33.9 Å². The fraction of sp³-hybridized carbons (Fsp3) is 0.625. The van der Waals surface area contributed by atoms with Crippen LogP contribution in [0.4, 0.5) is 9.80 Å². The maximum atomic E-state index is 11.6. The molecule has 0 unspecified atom stereocenters. The molecule has 9 heteroatoms. The van der Waals surface area contributed by atoms with Crippen LogP contribution in [0.3, 0.4) is 0 Å². The first-order valence-electron chi connectivity index (χ1n) is 8.52. The standard InChI is InChI=1S/C16H25N5O2S2/c1-4-23-16(22)18-14-13(11(3)21-25-14)10(2)19-20-15(24)17-12-8-6-5-7-9-12/h12H,4-9H2,1-3H3,(H,18,22)(H2,17,20,24)/b19-10+. The maximum Gasteiger partial charge on any atom is 0.412 e. The van der Waals surface area contributed by atoms with Gasteiger partial charge in [0.2, 0.25) is 0 Å². The van der Waals surface area contributed by atoms with Gasteiger partial charge in [0.1, 0.15) is 5.00 Å². The Balaban J connectivity index is 1.97. The Bertz CT molecular complexity index is 638. The van der Waals surface area contributed by atoms with Crippen molar-refractivity contribution in [1.29, 1.82) is 0 Å². The molecule has 0 atom stereocenters. The molecule has 25 heavy (non-hydrogen) atoms. The molecule has 7 nitrogen and oxygen atoms in total. The van der Waals surface area contributed by atoms with Crippen LogP contribution in [0.2, 0.25) is 0 Å². The number of ether oxygens (including phenoxy) is 1. The van der Waals surface area contributed by atoms with E-state index < -0.39 is 6.09 Å². The van der Waals surface area contributed by atoms with Gasteiger partial charge in [0.25, 0.3) is 0 Å². The minimum absolute atomic E-state index is 0.314. The van der Waals surface area contributed by atoms with Gasteiger partial charge in [-0.05, 0) is 57.4 Å². The molecule has 138 valence electrons. The van der Waals surface area contributed by atoms with E-state index in [0.717, 1.165) is 24.1 Å². The molecule has 1 aliphatic carbocycles. The second kappa shape index (κ2) is 9.67. The van der Waals surface area contributed by atoms with E-state index in [9.17, 15) is 4.79 Å². The second-order valence-corrected chi connectivity index (χ2v) is 7.12. The molecule has 1 heterocycles. The van der Waals surface area contributed by atoms with Crippen LogP contribution in [-0.2, 0) is 4.74 Å². The van der Waals surface area contributed by atoms with Crippen molar-refractivity contribution in [3.8, 4) is 0 Å². The van der Waals surface area contributed by atoms with Crippen LogP contribution in [0.5, 0.6) is 0 Å². The van der Waals surface area contributed by atoms with Crippen molar-refractivity contribution < 1.29 is 9.53 Å². The summed E-state index contributed by atoms with van der Waals surface area (Å²) in [5.74, 6) is 0. The molecule has 1 aliphatic rings. The zero-order valence-electron chi connectivity index (χ0n) is 14.8. The first kappa shape index (κ1) is 19.6. The lowest BCUT2D eigenvalue weighted by molar-refractivity contribution is 0.168. The molecule has 2 rings (SSSR count). The minimum Gasteiger partial charge on any atom is -0.450 e. The summed E-state index contributed by atoms with van der Waals surface area (Å²) in [5.41, 5.74) is 5.17. The molecule has 0 radical (unpaired) electrons. The molecule has 0 aromatic carbocycles. The van der Waals surface area contributed by atoms with Crippen LogP contribution in [0, 0.1) is 6.92 Å². The van der Waals surface area contributed by atoms with Gasteiger partial charge in [-0.2, -0.15) is 9.47 Å². The SMILES string of the molecule is CCOC(=O)Nc1snc(C)c1/C(C)=N/NC(=S)NC1CCCCC1. The monoisotopic (exact) mass is 383 g/mol. The summed E-state index contributed by atoms with van der Waals surface area (Å²) in [6.45, 7) is 5.80. The third-order valence-corrected chi connectivity index (χ3v) is 5.04. The average molecular weight is 384 g/mol. The lowest BCUT2D eigenvalue weighted by atomic mass is 9.96. The van der Waals surface area contributed by atoms with Crippen molar-refractivity contribution in [3.05, 3.63) is 11.3 Å². The van der Waals surface area contributed by atoms with Crippen molar-refractivity contribution in [2.45, 2.75) is 58.9 Å². The average Bonchev–Trinajstić information content (AvgIpc) is 2.94. The van der Waals surface area contributed by atoms with Crippen LogP contribution >= 0.6 is 23.8 Å². The van der Waals surface area contributed by atoms with Gasteiger partial charge in [-0.1, -0.05) is 19.3 Å². The van der Waals surface area contributed by atoms with Crippen molar-refractivity contribution in [3.63, 3.8) is 0 Å². The second-order valence-electron chi connectivity index (χ2n) is 5.93. The van der Waals surface area contributed by atoms with Crippen molar-refractivity contribution in [1.82, 2.24) is 15.1 Å². The summed E-state index contributed by atoms with van der Waals surface area (Å²) in [5, 5.41) is 11.5. The van der Waals surface area contributed by atoms with Gasteiger partial charge in [-0.25, -0.2) is 4.79 Å². The number of hydrogen-bond acceptors (Lipinski definition) is 6. The minimum atomic E-state index is -0.498. The third-order valence-electron chi connectivity index (χ3n) is 3.98. The van der Waals surface area contributed by atoms with E-state index in [1.54, 1.807) is 6.92 Å². The Hall–Kier alpha value is -1.74. The first-order chi connectivity index (χ1) is 12.0. The van der Waals surface area contributed by atoms with Crippen LogP contribution in [0.1, 0.15) is 57.2 Å². The number of thiocarbonyl (C=S) groups is 1. The zero-order chi connectivity index (χ0) is 18.2. The number of anilines is 1. The number of aromatic nitrogens is 1. The predicted octanol–water partition coefficient (Wildman–Crippen LogP) is 3.54. The third kappa shape index (κ3) is 5.93. The normalized spacial score (nSPS) is 15.6. The number of amides is 1. The van der Waals surface area contributed by atoms with Gasteiger partial charge < -0.3 is 10.1 Å². The summed E-state index contributed by atoms with van der Waals surface area (Å²) in [6.07, 6.45) is 5.58. The molecule has 0 saturated heterocycles. The van der Waals surface area contributed by atoms with Crippen LogP contribution in [0.15, 0.2) is 5.10 Å². The van der Waals surface area contributed by atoms with E-state index in [1.807, 2.05) is 13.8 Å². The van der Waals surface area contributed by atoms with E-state index in [2.05, 4.69) is 25.5 Å². The Morgan fingerprint density at radius 3 is 2.80 bits per heavy atom. The molecule has 1 aromatic rings. The predicted molar refractivity (Wildman–Crippen MR) is 105 cm³/mol. The molecule has 1 fully saturated rings. The maximum absolute atomic E-state index is 11.6. The topological polar surface area (TPSA) is 87.6 Å². The summed E-state index contributed by atoms with van der Waals surface area (Å²) in [6, 6.07) is 0.426. The molecule has 1 amide bonds. The summed E-state index contributed by atoms with van der Waals surface area (Å²) in [7, 11) is 0. The van der Waals surface area contributed by atoms with Gasteiger partial charge >= 0.3 is 6.09 Å². The molecular formula is C16H25N5O2S2.